The van der Waals surface area contributed by atoms with E-state index in [-0.39, 0.29) is 30.6 Å². The van der Waals surface area contributed by atoms with Crippen molar-refractivity contribution in [3.63, 3.8) is 0 Å². The van der Waals surface area contributed by atoms with E-state index in [2.05, 4.69) is 15.5 Å². The van der Waals surface area contributed by atoms with Gasteiger partial charge in [-0.2, -0.15) is 0 Å². The molecule has 252 valence electrons. The highest BCUT2D eigenvalue weighted by Crippen LogP contribution is 2.40. The molecule has 47 heavy (non-hydrogen) atoms. The smallest absolute Gasteiger partial charge is 0.224 e. The van der Waals surface area contributed by atoms with Crippen molar-refractivity contribution >= 4 is 29.1 Å². The normalized spacial score (nSPS) is 21.2. The van der Waals surface area contributed by atoms with Crippen molar-refractivity contribution in [1.82, 2.24) is 10.2 Å². The number of carbonyl (C=O) groups is 2. The molecule has 0 bridgehead atoms. The van der Waals surface area contributed by atoms with Crippen molar-refractivity contribution in [2.45, 2.75) is 82.6 Å². The molecule has 0 radical (unpaired) electrons. The van der Waals surface area contributed by atoms with Crippen LogP contribution in [0.2, 0.25) is 5.02 Å². The minimum absolute atomic E-state index is 0.0208. The second-order valence-electron chi connectivity index (χ2n) is 12.7. The molecule has 2 fully saturated rings. The third-order valence-corrected chi connectivity index (χ3v) is 9.29. The summed E-state index contributed by atoms with van der Waals surface area (Å²) in [4.78, 5) is 26.0. The number of aliphatic hydroxyl groups excluding tert-OH is 1. The Hall–Kier alpha value is -3.31. The van der Waals surface area contributed by atoms with Crippen LogP contribution in [0.25, 0.3) is 0 Å². The van der Waals surface area contributed by atoms with Gasteiger partial charge in [-0.3, -0.25) is 9.59 Å². The first-order valence-electron chi connectivity index (χ1n) is 16.6. The van der Waals surface area contributed by atoms with Crippen LogP contribution in [-0.4, -0.2) is 59.2 Å². The fourth-order valence-electron chi connectivity index (χ4n) is 6.31. The van der Waals surface area contributed by atoms with Crippen LogP contribution in [-0.2, 0) is 31.3 Å². The van der Waals surface area contributed by atoms with Crippen LogP contribution >= 0.6 is 11.6 Å². The number of amides is 2. The number of piperidine rings is 1. The number of aliphatic hydroxyl groups is 2. The number of benzene rings is 3. The minimum atomic E-state index is -0.880. The minimum Gasteiger partial charge on any atom is -0.392 e. The van der Waals surface area contributed by atoms with Gasteiger partial charge >= 0.3 is 0 Å². The number of carbonyl (C=O) groups excluding carboxylic acids is 2. The molecular weight excluding hydrogens is 618 g/mol. The van der Waals surface area contributed by atoms with E-state index in [1.807, 2.05) is 72.8 Å². The summed E-state index contributed by atoms with van der Waals surface area (Å²) >= 11 is 6.07. The quantitative estimate of drug-likeness (QED) is 0.166. The number of hydrogen-bond donors (Lipinski definition) is 4. The summed E-state index contributed by atoms with van der Waals surface area (Å²) in [6, 6.07) is 22.9. The van der Waals surface area contributed by atoms with Gasteiger partial charge in [0.05, 0.1) is 24.4 Å². The molecular formula is C37H46ClN3O6. The van der Waals surface area contributed by atoms with Crippen LogP contribution in [0, 0.1) is 0 Å². The number of likely N-dealkylation sites (tertiary alicyclic amines) is 1. The molecule has 0 unspecified atom stereocenters. The third-order valence-electron chi connectivity index (χ3n) is 9.04. The molecule has 3 aromatic rings. The molecule has 9 nitrogen and oxygen atoms in total. The van der Waals surface area contributed by atoms with E-state index in [4.69, 9.17) is 21.1 Å². The van der Waals surface area contributed by atoms with Gasteiger partial charge < -0.3 is 35.2 Å². The van der Waals surface area contributed by atoms with E-state index < -0.39 is 11.9 Å². The molecule has 10 heteroatoms. The van der Waals surface area contributed by atoms with Gasteiger partial charge in [0.1, 0.15) is 0 Å². The first-order chi connectivity index (χ1) is 22.7. The topological polar surface area (TPSA) is 120 Å². The SMILES string of the molecule is CC(=O)NCCCCCC(=O)Nc1cccc([C@H]2O[C@@H](CN3CCC(O)(c4ccc(Cl)cc4)CC3)C[C@@H](c3ccc(CO)cc3)O2)c1. The van der Waals surface area contributed by atoms with Gasteiger partial charge in [0.25, 0.3) is 0 Å². The summed E-state index contributed by atoms with van der Waals surface area (Å²) in [5.74, 6) is -0.101. The Morgan fingerprint density at radius 2 is 1.70 bits per heavy atom. The molecule has 5 rings (SSSR count). The number of unbranched alkanes of at least 4 members (excludes halogenated alkanes) is 2. The number of hydrogen-bond acceptors (Lipinski definition) is 7. The molecule has 2 saturated heterocycles. The molecule has 4 N–H and O–H groups in total. The Labute approximate surface area is 282 Å². The van der Waals surface area contributed by atoms with Crippen molar-refractivity contribution < 1.29 is 29.3 Å². The Morgan fingerprint density at radius 3 is 2.40 bits per heavy atom. The fourth-order valence-corrected chi connectivity index (χ4v) is 6.44. The maximum Gasteiger partial charge on any atom is 0.224 e. The van der Waals surface area contributed by atoms with E-state index in [1.54, 1.807) is 0 Å². The predicted molar refractivity (Wildman–Crippen MR) is 182 cm³/mol. The Kier molecular flexibility index (Phi) is 12.4. The average Bonchev–Trinajstić information content (AvgIpc) is 3.07. The second kappa shape index (κ2) is 16.7. The van der Waals surface area contributed by atoms with Gasteiger partial charge in [-0.25, -0.2) is 0 Å². The number of anilines is 1. The highest BCUT2D eigenvalue weighted by molar-refractivity contribution is 6.30. The summed E-state index contributed by atoms with van der Waals surface area (Å²) in [7, 11) is 0. The molecule has 2 heterocycles. The largest absolute Gasteiger partial charge is 0.392 e. The molecule has 0 spiro atoms. The molecule has 0 aliphatic carbocycles. The van der Waals surface area contributed by atoms with Gasteiger partial charge in [-0.15, -0.1) is 0 Å². The number of nitrogens with zero attached hydrogens (tertiary/aromatic N) is 1. The summed E-state index contributed by atoms with van der Waals surface area (Å²) in [6.45, 7) is 4.26. The van der Waals surface area contributed by atoms with Crippen molar-refractivity contribution in [2.24, 2.45) is 0 Å². The van der Waals surface area contributed by atoms with Crippen molar-refractivity contribution in [1.29, 1.82) is 0 Å². The Bertz CT molecular complexity index is 1460. The Morgan fingerprint density at radius 1 is 0.957 bits per heavy atom. The van der Waals surface area contributed by atoms with Gasteiger partial charge in [0.15, 0.2) is 6.29 Å². The van der Waals surface area contributed by atoms with Gasteiger partial charge in [-0.1, -0.05) is 66.6 Å². The summed E-state index contributed by atoms with van der Waals surface area (Å²) in [5, 5.41) is 27.4. The van der Waals surface area contributed by atoms with Crippen LogP contribution in [0.4, 0.5) is 5.69 Å². The van der Waals surface area contributed by atoms with Crippen molar-refractivity contribution in [3.05, 3.63) is 100 Å². The lowest BCUT2D eigenvalue weighted by Gasteiger charge is -2.42. The van der Waals surface area contributed by atoms with E-state index in [0.717, 1.165) is 54.6 Å². The molecule has 0 saturated carbocycles. The van der Waals surface area contributed by atoms with E-state index in [1.165, 1.54) is 6.92 Å². The first-order valence-corrected chi connectivity index (χ1v) is 16.9. The number of nitrogens with one attached hydrogen (secondary N) is 2. The monoisotopic (exact) mass is 663 g/mol. The van der Waals surface area contributed by atoms with Crippen molar-refractivity contribution in [2.75, 3.05) is 31.5 Å². The van der Waals surface area contributed by atoms with Gasteiger partial charge in [0.2, 0.25) is 11.8 Å². The Balaban J connectivity index is 1.22. The third kappa shape index (κ3) is 10.1. The second-order valence-corrected chi connectivity index (χ2v) is 13.1. The molecule has 0 aromatic heterocycles. The first kappa shape index (κ1) is 35.0. The standard InChI is InChI=1S/C37H46ClN3O6/c1-26(43)39-19-4-2-3-8-35(44)40-32-7-5-6-29(22-32)36-46-33(23-34(47-36)28-11-9-27(25-42)10-12-28)24-41-20-17-37(45,18-21-41)30-13-15-31(38)16-14-30/h5-7,9-16,22,33-34,36,42,45H,2-4,8,17-21,23-25H2,1H3,(H,39,43)(H,40,44)/t33-,34+,36+/m1/s1. The van der Waals surface area contributed by atoms with Crippen LogP contribution in [0.15, 0.2) is 72.8 Å². The van der Waals surface area contributed by atoms with Crippen LogP contribution in [0.1, 0.15) is 86.5 Å². The number of ether oxygens (including phenoxy) is 2. The number of rotatable bonds is 13. The van der Waals surface area contributed by atoms with Crippen molar-refractivity contribution in [3.8, 4) is 0 Å². The molecule has 3 atom stereocenters. The molecule has 2 amide bonds. The van der Waals surface area contributed by atoms with E-state index in [0.29, 0.717) is 49.5 Å². The zero-order chi connectivity index (χ0) is 33.2. The summed E-state index contributed by atoms with van der Waals surface area (Å²) < 4.78 is 13.1. The highest BCUT2D eigenvalue weighted by Gasteiger charge is 2.37. The highest BCUT2D eigenvalue weighted by atomic mass is 35.5. The van der Waals surface area contributed by atoms with E-state index in [9.17, 15) is 19.8 Å². The summed E-state index contributed by atoms with van der Waals surface area (Å²) in [6.07, 6.45) is 3.73. The van der Waals surface area contributed by atoms with Crippen LogP contribution < -0.4 is 10.6 Å². The zero-order valence-corrected chi connectivity index (χ0v) is 27.8. The van der Waals surface area contributed by atoms with E-state index >= 15 is 0 Å². The summed E-state index contributed by atoms with van der Waals surface area (Å²) in [5.41, 5.74) is 3.36. The average molecular weight is 664 g/mol. The van der Waals surface area contributed by atoms with Gasteiger partial charge in [0, 0.05) is 62.2 Å². The van der Waals surface area contributed by atoms with Crippen LogP contribution in [0.5, 0.6) is 0 Å². The molecule has 2 aliphatic rings. The fraction of sp³-hybridized carbons (Fsp3) is 0.459. The molecule has 3 aromatic carbocycles. The van der Waals surface area contributed by atoms with Gasteiger partial charge in [-0.05, 0) is 66.6 Å². The lowest BCUT2D eigenvalue weighted by molar-refractivity contribution is -0.253. The van der Waals surface area contributed by atoms with Crippen LogP contribution in [0.3, 0.4) is 0 Å². The maximum absolute atomic E-state index is 12.7. The lowest BCUT2D eigenvalue weighted by Crippen LogP contribution is -2.46. The maximum atomic E-state index is 12.7. The predicted octanol–water partition coefficient (Wildman–Crippen LogP) is 6.00. The molecule has 2 aliphatic heterocycles. The lowest BCUT2D eigenvalue weighted by atomic mass is 9.84. The number of halogens is 1. The zero-order valence-electron chi connectivity index (χ0n) is 27.0.